The van der Waals surface area contributed by atoms with Crippen LogP contribution in [0.4, 0.5) is 4.39 Å². The monoisotopic (exact) mass is 185 g/mol. The number of methoxy groups -OCH3 is 1. The van der Waals surface area contributed by atoms with Gasteiger partial charge in [0.05, 0.1) is 7.11 Å². The van der Waals surface area contributed by atoms with Gasteiger partial charge < -0.3 is 9.47 Å². The number of esters is 1. The molecule has 0 saturated heterocycles. The molecule has 0 atom stereocenters. The van der Waals surface area contributed by atoms with Gasteiger partial charge in [-0.25, -0.2) is 14.2 Å². The van der Waals surface area contributed by atoms with E-state index in [2.05, 4.69) is 14.5 Å². The molecule has 0 aliphatic heterocycles. The fourth-order valence-electron chi connectivity index (χ4n) is 0.816. The Bertz CT molecular complexity index is 303. The van der Waals surface area contributed by atoms with Gasteiger partial charge in [0.25, 0.3) is 0 Å². The standard InChI is InChI=1S/C8H8FNO3/c1-12-8(11)7-6(13-5-9)3-2-4-10-7/h2-4H,5H2,1H3. The summed E-state index contributed by atoms with van der Waals surface area (Å²) in [6.07, 6.45) is 1.40. The highest BCUT2D eigenvalue weighted by atomic mass is 19.1. The van der Waals surface area contributed by atoms with Crippen molar-refractivity contribution in [2.45, 2.75) is 0 Å². The molecule has 0 aliphatic rings. The van der Waals surface area contributed by atoms with Crippen molar-refractivity contribution in [3.05, 3.63) is 24.0 Å². The average Bonchev–Trinajstić information content (AvgIpc) is 2.18. The van der Waals surface area contributed by atoms with Crippen molar-refractivity contribution in [1.29, 1.82) is 0 Å². The van der Waals surface area contributed by atoms with Crippen LogP contribution in [0.5, 0.6) is 5.75 Å². The SMILES string of the molecule is COC(=O)c1ncccc1OCF. The number of alkyl halides is 1. The molecular formula is C8H8FNO3. The van der Waals surface area contributed by atoms with Crippen LogP contribution in [-0.2, 0) is 4.74 Å². The predicted molar refractivity (Wildman–Crippen MR) is 42.2 cm³/mol. The normalized spacial score (nSPS) is 9.38. The molecule has 13 heavy (non-hydrogen) atoms. The van der Waals surface area contributed by atoms with Crippen molar-refractivity contribution in [2.24, 2.45) is 0 Å². The van der Waals surface area contributed by atoms with Gasteiger partial charge in [-0.3, -0.25) is 0 Å². The molecule has 0 N–H and O–H groups in total. The van der Waals surface area contributed by atoms with Crippen molar-refractivity contribution in [2.75, 3.05) is 14.0 Å². The van der Waals surface area contributed by atoms with E-state index in [4.69, 9.17) is 0 Å². The number of aromatic nitrogens is 1. The maximum atomic E-state index is 11.8. The Kier molecular flexibility index (Phi) is 3.19. The van der Waals surface area contributed by atoms with Crippen molar-refractivity contribution in [3.63, 3.8) is 0 Å². The van der Waals surface area contributed by atoms with Gasteiger partial charge in [0.1, 0.15) is 0 Å². The molecule has 0 saturated carbocycles. The second-order valence-electron chi connectivity index (χ2n) is 2.10. The molecule has 0 aromatic carbocycles. The summed E-state index contributed by atoms with van der Waals surface area (Å²) in [5.74, 6) is -0.569. The third-order valence-electron chi connectivity index (χ3n) is 1.36. The number of hydrogen-bond acceptors (Lipinski definition) is 4. The van der Waals surface area contributed by atoms with Gasteiger partial charge in [-0.15, -0.1) is 0 Å². The molecule has 0 unspecified atom stereocenters. The minimum absolute atomic E-state index is 0.0253. The lowest BCUT2D eigenvalue weighted by Gasteiger charge is -2.04. The van der Waals surface area contributed by atoms with E-state index in [1.54, 1.807) is 0 Å². The van der Waals surface area contributed by atoms with Gasteiger partial charge in [0, 0.05) is 6.20 Å². The van der Waals surface area contributed by atoms with E-state index in [1.165, 1.54) is 25.4 Å². The summed E-state index contributed by atoms with van der Waals surface area (Å²) >= 11 is 0. The molecule has 1 aromatic heterocycles. The fraction of sp³-hybridized carbons (Fsp3) is 0.250. The van der Waals surface area contributed by atoms with Gasteiger partial charge in [-0.2, -0.15) is 0 Å². The van der Waals surface area contributed by atoms with Gasteiger partial charge in [-0.05, 0) is 12.1 Å². The average molecular weight is 185 g/mol. The maximum absolute atomic E-state index is 11.8. The zero-order valence-electron chi connectivity index (χ0n) is 6.99. The number of rotatable bonds is 3. The molecular weight excluding hydrogens is 177 g/mol. The van der Waals surface area contributed by atoms with Crippen molar-refractivity contribution >= 4 is 5.97 Å². The Morgan fingerprint density at radius 1 is 1.69 bits per heavy atom. The molecule has 4 nitrogen and oxygen atoms in total. The first-order valence-corrected chi connectivity index (χ1v) is 3.51. The highest BCUT2D eigenvalue weighted by Crippen LogP contribution is 2.15. The summed E-state index contributed by atoms with van der Waals surface area (Å²) in [6, 6.07) is 2.98. The summed E-state index contributed by atoms with van der Waals surface area (Å²) in [5, 5.41) is 0. The molecule has 5 heteroatoms. The zero-order chi connectivity index (χ0) is 9.68. The van der Waals surface area contributed by atoms with Gasteiger partial charge >= 0.3 is 5.97 Å². The van der Waals surface area contributed by atoms with Crippen LogP contribution < -0.4 is 4.74 Å². The molecule has 1 rings (SSSR count). The highest BCUT2D eigenvalue weighted by molar-refractivity contribution is 5.90. The summed E-state index contributed by atoms with van der Waals surface area (Å²) in [6.45, 7) is -1.00. The number of carbonyl (C=O) groups excluding carboxylic acids is 1. The maximum Gasteiger partial charge on any atom is 0.360 e. The van der Waals surface area contributed by atoms with Gasteiger partial charge in [0.2, 0.25) is 6.86 Å². The van der Waals surface area contributed by atoms with Crippen LogP contribution in [0.3, 0.4) is 0 Å². The van der Waals surface area contributed by atoms with E-state index < -0.39 is 12.8 Å². The summed E-state index contributed by atoms with van der Waals surface area (Å²) in [4.78, 5) is 14.7. The molecule has 0 radical (unpaired) electrons. The van der Waals surface area contributed by atoms with Crippen molar-refractivity contribution in [1.82, 2.24) is 4.98 Å². The fourth-order valence-corrected chi connectivity index (χ4v) is 0.816. The van der Waals surface area contributed by atoms with Crippen LogP contribution in [0.2, 0.25) is 0 Å². The third-order valence-corrected chi connectivity index (χ3v) is 1.36. The van der Waals surface area contributed by atoms with Crippen LogP contribution in [-0.4, -0.2) is 24.9 Å². The lowest BCUT2D eigenvalue weighted by atomic mass is 10.3. The van der Waals surface area contributed by atoms with E-state index >= 15 is 0 Å². The Labute approximate surface area is 74.3 Å². The van der Waals surface area contributed by atoms with E-state index in [0.717, 1.165) is 0 Å². The molecule has 0 fully saturated rings. The smallest absolute Gasteiger partial charge is 0.360 e. The Morgan fingerprint density at radius 2 is 2.46 bits per heavy atom. The number of pyridine rings is 1. The van der Waals surface area contributed by atoms with Crippen molar-refractivity contribution in [3.8, 4) is 5.75 Å². The molecule has 0 amide bonds. The van der Waals surface area contributed by atoms with E-state index in [0.29, 0.717) is 0 Å². The lowest BCUT2D eigenvalue weighted by molar-refractivity contribution is 0.0586. The summed E-state index contributed by atoms with van der Waals surface area (Å²) in [5.41, 5.74) is -0.0253. The Hall–Kier alpha value is -1.65. The number of hydrogen-bond donors (Lipinski definition) is 0. The van der Waals surface area contributed by atoms with E-state index in [9.17, 15) is 9.18 Å². The third kappa shape index (κ3) is 2.14. The lowest BCUT2D eigenvalue weighted by Crippen LogP contribution is -2.07. The minimum atomic E-state index is -1.00. The van der Waals surface area contributed by atoms with Gasteiger partial charge in [-0.1, -0.05) is 0 Å². The van der Waals surface area contributed by atoms with Crippen LogP contribution in [0.15, 0.2) is 18.3 Å². The van der Waals surface area contributed by atoms with Crippen LogP contribution in [0.1, 0.15) is 10.5 Å². The highest BCUT2D eigenvalue weighted by Gasteiger charge is 2.13. The van der Waals surface area contributed by atoms with Crippen LogP contribution in [0, 0.1) is 0 Å². The van der Waals surface area contributed by atoms with Crippen LogP contribution in [0.25, 0.3) is 0 Å². The largest absolute Gasteiger partial charge is 0.464 e. The minimum Gasteiger partial charge on any atom is -0.464 e. The molecule has 0 spiro atoms. The molecule has 1 heterocycles. The molecule has 70 valence electrons. The molecule has 0 bridgehead atoms. The Morgan fingerprint density at radius 3 is 3.08 bits per heavy atom. The van der Waals surface area contributed by atoms with Crippen molar-refractivity contribution < 1.29 is 18.7 Å². The quantitative estimate of drug-likeness (QED) is 0.663. The van der Waals surface area contributed by atoms with Gasteiger partial charge in [0.15, 0.2) is 11.4 Å². The van der Waals surface area contributed by atoms with E-state index in [1.807, 2.05) is 0 Å². The summed E-state index contributed by atoms with van der Waals surface area (Å²) < 4.78 is 20.8. The number of carbonyl (C=O) groups is 1. The second-order valence-corrected chi connectivity index (χ2v) is 2.10. The summed E-state index contributed by atoms with van der Waals surface area (Å²) in [7, 11) is 1.22. The zero-order valence-corrected chi connectivity index (χ0v) is 6.99. The first kappa shape index (κ1) is 9.44. The Balaban J connectivity index is 2.97. The molecule has 0 aliphatic carbocycles. The number of ether oxygens (including phenoxy) is 2. The van der Waals surface area contributed by atoms with E-state index in [-0.39, 0.29) is 11.4 Å². The number of nitrogens with zero attached hydrogens (tertiary/aromatic N) is 1. The first-order chi connectivity index (χ1) is 6.29. The first-order valence-electron chi connectivity index (χ1n) is 3.51. The molecule has 1 aromatic rings. The number of halogens is 1. The predicted octanol–water partition coefficient (Wildman–Crippen LogP) is 1.17. The second kappa shape index (κ2) is 4.39. The van der Waals surface area contributed by atoms with Crippen LogP contribution >= 0.6 is 0 Å². The topological polar surface area (TPSA) is 48.4 Å².